The van der Waals surface area contributed by atoms with Crippen LogP contribution < -0.4 is 0 Å². The van der Waals surface area contributed by atoms with Crippen LogP contribution in [0.2, 0.25) is 10.0 Å². The molecule has 2 aromatic rings. The number of aryl methyl sites for hydroxylation is 1. The maximum Gasteiger partial charge on any atom is 0.255 e. The molecule has 3 rings (SSSR count). The average Bonchev–Trinajstić information content (AvgIpc) is 2.58. The van der Waals surface area contributed by atoms with E-state index in [0.29, 0.717) is 29.3 Å². The molecule has 126 valence electrons. The third-order valence-corrected chi connectivity index (χ3v) is 4.52. The number of benzene rings is 1. The number of ether oxygens (including phenoxy) is 1. The average molecular weight is 369 g/mol. The number of carbonyl (C=O) groups is 1. The largest absolute Gasteiger partial charge is 0.370 e. The van der Waals surface area contributed by atoms with E-state index in [0.717, 1.165) is 5.69 Å². The van der Waals surface area contributed by atoms with Crippen LogP contribution in [0, 0.1) is 12.7 Å². The Morgan fingerprint density at radius 2 is 2.12 bits per heavy atom. The fourth-order valence-electron chi connectivity index (χ4n) is 2.58. The van der Waals surface area contributed by atoms with Crippen molar-refractivity contribution >= 4 is 29.1 Å². The molecule has 1 aromatic heterocycles. The first-order chi connectivity index (χ1) is 11.5. The molecule has 1 aliphatic heterocycles. The smallest absolute Gasteiger partial charge is 0.255 e. The van der Waals surface area contributed by atoms with E-state index in [9.17, 15) is 9.18 Å². The molecule has 0 spiro atoms. The van der Waals surface area contributed by atoms with Gasteiger partial charge < -0.3 is 9.64 Å². The van der Waals surface area contributed by atoms with E-state index in [1.54, 1.807) is 23.2 Å². The Balaban J connectivity index is 1.80. The summed E-state index contributed by atoms with van der Waals surface area (Å²) >= 11 is 11.9. The van der Waals surface area contributed by atoms with Crippen molar-refractivity contribution in [1.82, 2.24) is 9.88 Å². The number of halogens is 3. The molecule has 24 heavy (non-hydrogen) atoms. The van der Waals surface area contributed by atoms with Crippen molar-refractivity contribution in [2.75, 3.05) is 19.7 Å². The lowest BCUT2D eigenvalue weighted by molar-refractivity contribution is -0.0229. The standard InChI is InChI=1S/C17H15Cl2FN2O2/c1-10-2-3-11(8-21-10)17(23)22-4-5-24-16(9-22)12-6-15(20)14(19)7-13(12)18/h2-3,6-8,16H,4-5,9H2,1H3. The maximum absolute atomic E-state index is 13.7. The summed E-state index contributed by atoms with van der Waals surface area (Å²) in [4.78, 5) is 18.4. The summed E-state index contributed by atoms with van der Waals surface area (Å²) in [7, 11) is 0. The quantitative estimate of drug-likeness (QED) is 0.750. The van der Waals surface area contributed by atoms with E-state index in [2.05, 4.69) is 4.98 Å². The predicted octanol–water partition coefficient (Wildman–Crippen LogP) is 4.05. The summed E-state index contributed by atoms with van der Waals surface area (Å²) in [5.74, 6) is -0.702. The second-order valence-corrected chi connectivity index (χ2v) is 6.40. The SMILES string of the molecule is Cc1ccc(C(=O)N2CCOC(c3cc(F)c(Cl)cc3Cl)C2)cn1. The number of amides is 1. The van der Waals surface area contributed by atoms with Crippen LogP contribution in [0.25, 0.3) is 0 Å². The first-order valence-electron chi connectivity index (χ1n) is 7.43. The van der Waals surface area contributed by atoms with E-state index >= 15 is 0 Å². The molecule has 0 bridgehead atoms. The van der Waals surface area contributed by atoms with Gasteiger partial charge in [0.25, 0.3) is 5.91 Å². The molecule has 1 unspecified atom stereocenters. The minimum atomic E-state index is -0.564. The van der Waals surface area contributed by atoms with Crippen LogP contribution in [0.4, 0.5) is 4.39 Å². The van der Waals surface area contributed by atoms with E-state index in [-0.39, 0.29) is 17.5 Å². The van der Waals surface area contributed by atoms with Crippen molar-refractivity contribution in [1.29, 1.82) is 0 Å². The Morgan fingerprint density at radius 1 is 1.33 bits per heavy atom. The number of carbonyl (C=O) groups excluding carboxylic acids is 1. The molecule has 0 aliphatic carbocycles. The van der Waals surface area contributed by atoms with Crippen LogP contribution >= 0.6 is 23.2 Å². The van der Waals surface area contributed by atoms with Gasteiger partial charge in [0.15, 0.2) is 0 Å². The molecular formula is C17H15Cl2FN2O2. The molecule has 4 nitrogen and oxygen atoms in total. The first-order valence-corrected chi connectivity index (χ1v) is 8.19. The zero-order chi connectivity index (χ0) is 17.3. The third-order valence-electron chi connectivity index (χ3n) is 3.90. The number of rotatable bonds is 2. The minimum absolute atomic E-state index is 0.0433. The predicted molar refractivity (Wildman–Crippen MR) is 90.0 cm³/mol. The van der Waals surface area contributed by atoms with Gasteiger partial charge in [0.1, 0.15) is 11.9 Å². The summed E-state index contributed by atoms with van der Waals surface area (Å²) in [6, 6.07) is 6.14. The monoisotopic (exact) mass is 368 g/mol. The van der Waals surface area contributed by atoms with E-state index in [1.807, 2.05) is 6.92 Å². The molecule has 1 aromatic carbocycles. The Labute approximate surface area is 149 Å². The molecule has 1 aliphatic rings. The van der Waals surface area contributed by atoms with Gasteiger partial charge in [-0.05, 0) is 31.2 Å². The lowest BCUT2D eigenvalue weighted by atomic mass is 10.1. The van der Waals surface area contributed by atoms with Crippen molar-refractivity contribution in [3.8, 4) is 0 Å². The van der Waals surface area contributed by atoms with Crippen LogP contribution in [0.5, 0.6) is 0 Å². The number of hydrogen-bond donors (Lipinski definition) is 0. The molecule has 1 fully saturated rings. The summed E-state index contributed by atoms with van der Waals surface area (Å²) in [6.45, 7) is 2.94. The molecule has 1 amide bonds. The number of pyridine rings is 1. The normalized spacial score (nSPS) is 17.8. The van der Waals surface area contributed by atoms with Crippen molar-refractivity contribution in [2.24, 2.45) is 0 Å². The molecule has 0 radical (unpaired) electrons. The van der Waals surface area contributed by atoms with Gasteiger partial charge in [-0.25, -0.2) is 4.39 Å². The highest BCUT2D eigenvalue weighted by molar-refractivity contribution is 6.35. The number of aromatic nitrogens is 1. The third kappa shape index (κ3) is 3.53. The summed E-state index contributed by atoms with van der Waals surface area (Å²) in [5.41, 5.74) is 1.84. The summed E-state index contributed by atoms with van der Waals surface area (Å²) in [5, 5.41) is 0.274. The lowest BCUT2D eigenvalue weighted by Gasteiger charge is -2.33. The van der Waals surface area contributed by atoms with Gasteiger partial charge in [-0.15, -0.1) is 0 Å². The van der Waals surface area contributed by atoms with Gasteiger partial charge >= 0.3 is 0 Å². The van der Waals surface area contributed by atoms with E-state index < -0.39 is 11.9 Å². The Kier molecular flexibility index (Phi) is 5.04. The van der Waals surface area contributed by atoms with Gasteiger partial charge in [-0.2, -0.15) is 0 Å². The summed E-state index contributed by atoms with van der Waals surface area (Å²) in [6.07, 6.45) is 1.05. The fraction of sp³-hybridized carbons (Fsp3) is 0.294. The topological polar surface area (TPSA) is 42.4 Å². The second-order valence-electron chi connectivity index (χ2n) is 5.59. The number of nitrogens with zero attached hydrogens (tertiary/aromatic N) is 2. The van der Waals surface area contributed by atoms with Gasteiger partial charge in [0, 0.05) is 29.0 Å². The minimum Gasteiger partial charge on any atom is -0.370 e. The van der Waals surface area contributed by atoms with Crippen LogP contribution in [0.3, 0.4) is 0 Å². The van der Waals surface area contributed by atoms with Crippen molar-refractivity contribution in [3.05, 3.63) is 63.1 Å². The molecule has 7 heteroatoms. The molecular weight excluding hydrogens is 354 g/mol. The molecule has 1 atom stereocenters. The Bertz CT molecular complexity index is 768. The van der Waals surface area contributed by atoms with Crippen molar-refractivity contribution in [3.63, 3.8) is 0 Å². The van der Waals surface area contributed by atoms with Gasteiger partial charge in [-0.1, -0.05) is 23.2 Å². The van der Waals surface area contributed by atoms with Crippen LogP contribution in [0.15, 0.2) is 30.5 Å². The lowest BCUT2D eigenvalue weighted by Crippen LogP contribution is -2.42. The molecule has 1 saturated heterocycles. The number of morpholine rings is 1. The maximum atomic E-state index is 13.7. The molecule has 0 saturated carbocycles. The van der Waals surface area contributed by atoms with Gasteiger partial charge in [-0.3, -0.25) is 9.78 Å². The first kappa shape index (κ1) is 17.1. The van der Waals surface area contributed by atoms with E-state index in [1.165, 1.54) is 12.1 Å². The zero-order valence-corrected chi connectivity index (χ0v) is 14.4. The van der Waals surface area contributed by atoms with Gasteiger partial charge in [0.2, 0.25) is 0 Å². The molecule has 2 heterocycles. The highest BCUT2D eigenvalue weighted by atomic mass is 35.5. The number of hydrogen-bond acceptors (Lipinski definition) is 3. The fourth-order valence-corrected chi connectivity index (χ4v) is 3.09. The second kappa shape index (κ2) is 7.05. The van der Waals surface area contributed by atoms with Crippen molar-refractivity contribution in [2.45, 2.75) is 13.0 Å². The highest BCUT2D eigenvalue weighted by Gasteiger charge is 2.28. The summed E-state index contributed by atoms with van der Waals surface area (Å²) < 4.78 is 19.4. The molecule has 0 N–H and O–H groups in total. The van der Waals surface area contributed by atoms with Crippen LogP contribution in [-0.2, 0) is 4.74 Å². The van der Waals surface area contributed by atoms with Crippen LogP contribution in [0.1, 0.15) is 27.7 Å². The highest BCUT2D eigenvalue weighted by Crippen LogP contribution is 2.32. The van der Waals surface area contributed by atoms with Crippen molar-refractivity contribution < 1.29 is 13.9 Å². The Morgan fingerprint density at radius 3 is 2.83 bits per heavy atom. The van der Waals surface area contributed by atoms with Gasteiger partial charge in [0.05, 0.1) is 23.7 Å². The Hall–Kier alpha value is -1.69. The van der Waals surface area contributed by atoms with E-state index in [4.69, 9.17) is 27.9 Å². The zero-order valence-electron chi connectivity index (χ0n) is 12.9. The van der Waals surface area contributed by atoms with Crippen LogP contribution in [-0.4, -0.2) is 35.5 Å².